The maximum absolute atomic E-state index is 10.7. The molecule has 0 saturated carbocycles. The van der Waals surface area contributed by atoms with E-state index in [9.17, 15) is 5.11 Å². The third-order valence-corrected chi connectivity index (χ3v) is 4.29. The van der Waals surface area contributed by atoms with Crippen LogP contribution in [0.5, 0.6) is 0 Å². The molecule has 0 fully saturated rings. The molecule has 1 unspecified atom stereocenters. The van der Waals surface area contributed by atoms with Crippen LogP contribution >= 0.6 is 0 Å². The molecule has 0 spiro atoms. The normalized spacial score (nSPS) is 13.5. The van der Waals surface area contributed by atoms with Gasteiger partial charge in [0.15, 0.2) is 5.82 Å². The van der Waals surface area contributed by atoms with Crippen LogP contribution in [0.1, 0.15) is 12.7 Å². The number of hydrogen-bond donors (Lipinski definition) is 2. The van der Waals surface area contributed by atoms with Gasteiger partial charge in [0.05, 0.1) is 18.3 Å². The molecule has 4 rings (SSSR count). The van der Waals surface area contributed by atoms with Crippen molar-refractivity contribution in [3.63, 3.8) is 0 Å². The topological polar surface area (TPSA) is 71.2 Å². The second-order valence-corrected chi connectivity index (χ2v) is 6.38. The molecule has 0 radical (unpaired) electrons. The lowest BCUT2D eigenvalue weighted by molar-refractivity contribution is 0.0476. The molecule has 0 aliphatic carbocycles. The van der Waals surface area contributed by atoms with Gasteiger partial charge in [0.25, 0.3) is 0 Å². The van der Waals surface area contributed by atoms with Crippen LogP contribution in [0.3, 0.4) is 0 Å². The van der Waals surface area contributed by atoms with Gasteiger partial charge in [-0.15, -0.1) is 0 Å². The minimum Gasteiger partial charge on any atom is -0.466 e. The smallest absolute Gasteiger partial charge is 0.162 e. The van der Waals surface area contributed by atoms with Crippen LogP contribution in [0.4, 0.5) is 5.82 Å². The van der Waals surface area contributed by atoms with Gasteiger partial charge < -0.3 is 14.8 Å². The van der Waals surface area contributed by atoms with Crippen molar-refractivity contribution in [2.24, 2.45) is 0 Å². The molecule has 0 amide bonds. The van der Waals surface area contributed by atoms with Gasteiger partial charge in [0, 0.05) is 10.9 Å². The number of nitrogens with zero attached hydrogens (tertiary/aromatic N) is 2. The lowest BCUT2D eigenvalue weighted by Gasteiger charge is -2.22. The van der Waals surface area contributed by atoms with E-state index < -0.39 is 5.60 Å². The molecular formula is C21H19N3O2. The summed E-state index contributed by atoms with van der Waals surface area (Å²) in [5.74, 6) is 1.83. The number of fused-ring (bicyclic) bond motifs is 1. The fourth-order valence-electron chi connectivity index (χ4n) is 2.86. The highest BCUT2D eigenvalue weighted by atomic mass is 16.4. The summed E-state index contributed by atoms with van der Waals surface area (Å²) < 4.78 is 5.34. The predicted octanol–water partition coefficient (Wildman–Crippen LogP) is 4.21. The summed E-state index contributed by atoms with van der Waals surface area (Å²) in [5.41, 5.74) is 0.642. The van der Waals surface area contributed by atoms with Crippen LogP contribution in [0.25, 0.3) is 22.3 Å². The molecule has 0 bridgehead atoms. The third kappa shape index (κ3) is 3.17. The molecule has 2 aromatic carbocycles. The number of benzene rings is 2. The van der Waals surface area contributed by atoms with Crippen molar-refractivity contribution in [1.82, 2.24) is 9.97 Å². The van der Waals surface area contributed by atoms with Gasteiger partial charge in [-0.05, 0) is 31.2 Å². The molecule has 4 aromatic rings. The summed E-state index contributed by atoms with van der Waals surface area (Å²) in [6, 6.07) is 21.2. The van der Waals surface area contributed by atoms with Gasteiger partial charge in [-0.1, -0.05) is 42.5 Å². The van der Waals surface area contributed by atoms with Gasteiger partial charge in [0.2, 0.25) is 0 Å². The van der Waals surface area contributed by atoms with Crippen LogP contribution < -0.4 is 5.32 Å². The van der Waals surface area contributed by atoms with E-state index in [1.165, 1.54) is 0 Å². The minimum atomic E-state index is -1.15. The number of anilines is 1. The Hall–Kier alpha value is -3.18. The Labute approximate surface area is 151 Å². The molecule has 1 atom stereocenters. The Balaban J connectivity index is 1.72. The van der Waals surface area contributed by atoms with Crippen LogP contribution in [0.15, 0.2) is 77.4 Å². The van der Waals surface area contributed by atoms with Gasteiger partial charge in [-0.2, -0.15) is 0 Å². The second-order valence-electron chi connectivity index (χ2n) is 6.38. The van der Waals surface area contributed by atoms with E-state index >= 15 is 0 Å². The Morgan fingerprint density at radius 2 is 1.73 bits per heavy atom. The summed E-state index contributed by atoms with van der Waals surface area (Å²) >= 11 is 0. The molecule has 0 aliphatic heterocycles. The summed E-state index contributed by atoms with van der Waals surface area (Å²) in [5, 5.41) is 14.9. The zero-order valence-electron chi connectivity index (χ0n) is 14.4. The first kappa shape index (κ1) is 16.3. The average molecular weight is 345 g/mol. The highest BCUT2D eigenvalue weighted by Crippen LogP contribution is 2.27. The number of rotatable bonds is 5. The van der Waals surface area contributed by atoms with Crippen molar-refractivity contribution in [3.05, 3.63) is 78.8 Å². The van der Waals surface area contributed by atoms with E-state index in [4.69, 9.17) is 9.40 Å². The number of aliphatic hydroxyl groups is 1. The molecule has 130 valence electrons. The van der Waals surface area contributed by atoms with E-state index in [1.54, 1.807) is 25.3 Å². The Kier molecular flexibility index (Phi) is 4.14. The molecule has 2 heterocycles. The second kappa shape index (κ2) is 6.61. The summed E-state index contributed by atoms with van der Waals surface area (Å²) in [6.07, 6.45) is 1.55. The monoisotopic (exact) mass is 345 g/mol. The number of nitrogens with one attached hydrogen (secondary N) is 1. The summed E-state index contributed by atoms with van der Waals surface area (Å²) in [7, 11) is 0. The van der Waals surface area contributed by atoms with Gasteiger partial charge in [-0.25, -0.2) is 9.97 Å². The average Bonchev–Trinajstić information content (AvgIpc) is 3.22. The molecule has 5 heteroatoms. The maximum Gasteiger partial charge on any atom is 0.162 e. The highest BCUT2D eigenvalue weighted by molar-refractivity contribution is 5.90. The number of aromatic nitrogens is 2. The largest absolute Gasteiger partial charge is 0.466 e. The van der Waals surface area contributed by atoms with E-state index in [-0.39, 0.29) is 6.54 Å². The maximum atomic E-state index is 10.7. The molecule has 2 aromatic heterocycles. The minimum absolute atomic E-state index is 0.260. The quantitative estimate of drug-likeness (QED) is 0.567. The first-order valence-corrected chi connectivity index (χ1v) is 8.46. The predicted molar refractivity (Wildman–Crippen MR) is 102 cm³/mol. The van der Waals surface area contributed by atoms with E-state index in [1.807, 2.05) is 54.6 Å². The first-order valence-electron chi connectivity index (χ1n) is 8.46. The highest BCUT2D eigenvalue weighted by Gasteiger charge is 2.26. The number of para-hydroxylation sites is 1. The molecule has 2 N–H and O–H groups in total. The van der Waals surface area contributed by atoms with Crippen LogP contribution in [0.2, 0.25) is 0 Å². The fraction of sp³-hybridized carbons (Fsp3) is 0.143. The first-order chi connectivity index (χ1) is 12.6. The van der Waals surface area contributed by atoms with Gasteiger partial charge in [-0.3, -0.25) is 0 Å². The van der Waals surface area contributed by atoms with Crippen LogP contribution in [-0.2, 0) is 5.60 Å². The zero-order valence-corrected chi connectivity index (χ0v) is 14.4. The lowest BCUT2D eigenvalue weighted by Crippen LogP contribution is -2.30. The van der Waals surface area contributed by atoms with Crippen molar-refractivity contribution < 1.29 is 9.52 Å². The van der Waals surface area contributed by atoms with Crippen LogP contribution in [-0.4, -0.2) is 21.6 Å². The van der Waals surface area contributed by atoms with E-state index in [2.05, 4.69) is 10.3 Å². The number of hydrogen-bond acceptors (Lipinski definition) is 5. The van der Waals surface area contributed by atoms with E-state index in [0.717, 1.165) is 16.5 Å². The Morgan fingerprint density at radius 3 is 2.50 bits per heavy atom. The Bertz CT molecular complexity index is 1010. The zero-order chi connectivity index (χ0) is 18.0. The van der Waals surface area contributed by atoms with Crippen molar-refractivity contribution in [2.45, 2.75) is 12.5 Å². The molecule has 26 heavy (non-hydrogen) atoms. The fourth-order valence-corrected chi connectivity index (χ4v) is 2.86. The van der Waals surface area contributed by atoms with Crippen LogP contribution in [0, 0.1) is 0 Å². The SMILES string of the molecule is CC(O)(CNc1nc(-c2ccccc2)nc2ccccc12)c1ccco1. The van der Waals surface area contributed by atoms with Crippen molar-refractivity contribution in [2.75, 3.05) is 11.9 Å². The molecule has 0 aliphatic rings. The van der Waals surface area contributed by atoms with E-state index in [0.29, 0.717) is 17.4 Å². The molecular weight excluding hydrogens is 326 g/mol. The molecule has 5 nitrogen and oxygen atoms in total. The Morgan fingerprint density at radius 1 is 0.962 bits per heavy atom. The van der Waals surface area contributed by atoms with Crippen molar-refractivity contribution >= 4 is 16.7 Å². The van der Waals surface area contributed by atoms with Crippen molar-refractivity contribution in [3.8, 4) is 11.4 Å². The van der Waals surface area contributed by atoms with Crippen molar-refractivity contribution in [1.29, 1.82) is 0 Å². The van der Waals surface area contributed by atoms with Gasteiger partial charge >= 0.3 is 0 Å². The summed E-state index contributed by atoms with van der Waals surface area (Å²) in [4.78, 5) is 9.36. The number of furan rings is 1. The third-order valence-electron chi connectivity index (χ3n) is 4.29. The summed E-state index contributed by atoms with van der Waals surface area (Å²) in [6.45, 7) is 1.97. The van der Waals surface area contributed by atoms with Gasteiger partial charge in [0.1, 0.15) is 17.2 Å². The lowest BCUT2D eigenvalue weighted by atomic mass is 10.0. The standard InChI is InChI=1S/C21H19N3O2/c1-21(25,18-12-7-13-26-18)14-22-20-16-10-5-6-11-17(16)23-19(24-20)15-8-3-2-4-9-15/h2-13,25H,14H2,1H3,(H,22,23,24). The molecule has 0 saturated heterocycles.